The van der Waals surface area contributed by atoms with Gasteiger partial charge in [0.2, 0.25) is 5.91 Å². The highest BCUT2D eigenvalue weighted by Crippen LogP contribution is 2.38. The van der Waals surface area contributed by atoms with E-state index >= 15 is 0 Å². The van der Waals surface area contributed by atoms with Crippen LogP contribution in [-0.4, -0.2) is 35.8 Å². The number of imidazole rings is 1. The number of hydrogen-bond donors (Lipinski definition) is 1. The molecule has 1 amide bonds. The Bertz CT molecular complexity index is 1070. The van der Waals surface area contributed by atoms with E-state index in [9.17, 15) is 4.79 Å². The molecule has 4 rings (SSSR count). The number of carbonyl (C=O) groups is 1. The Labute approximate surface area is 185 Å². The average Bonchev–Trinajstić information content (AvgIpc) is 3.03. The number of rotatable bonds is 6. The number of aryl methyl sites for hydroxylation is 1. The van der Waals surface area contributed by atoms with E-state index in [-0.39, 0.29) is 12.3 Å². The van der Waals surface area contributed by atoms with E-state index < -0.39 is 6.04 Å². The second-order valence-electron chi connectivity index (χ2n) is 7.30. The first-order chi connectivity index (χ1) is 15.0. The van der Waals surface area contributed by atoms with E-state index in [1.165, 1.54) is 0 Å². The molecular formula is C23H24ClN3O4. The molecule has 0 aliphatic carbocycles. The molecule has 1 atom stereocenters. The summed E-state index contributed by atoms with van der Waals surface area (Å²) >= 11 is 6.37. The van der Waals surface area contributed by atoms with Crippen molar-refractivity contribution in [2.24, 2.45) is 7.05 Å². The number of hydrogen-bond acceptors (Lipinski definition) is 5. The monoisotopic (exact) mass is 441 g/mol. The average molecular weight is 442 g/mol. The summed E-state index contributed by atoms with van der Waals surface area (Å²) in [5.41, 5.74) is 1.65. The Morgan fingerprint density at radius 2 is 2.03 bits per heavy atom. The summed E-state index contributed by atoms with van der Waals surface area (Å²) in [6, 6.07) is 10.7. The van der Waals surface area contributed by atoms with Crippen LogP contribution in [0.2, 0.25) is 5.02 Å². The predicted octanol–water partition coefficient (Wildman–Crippen LogP) is 3.69. The zero-order chi connectivity index (χ0) is 21.8. The maximum atomic E-state index is 13.0. The van der Waals surface area contributed by atoms with Crippen LogP contribution in [0.5, 0.6) is 17.2 Å². The second-order valence-corrected chi connectivity index (χ2v) is 7.71. The fraction of sp³-hybridized carbons (Fsp3) is 0.304. The summed E-state index contributed by atoms with van der Waals surface area (Å²) in [7, 11) is 3.52. The summed E-state index contributed by atoms with van der Waals surface area (Å²) in [4.78, 5) is 17.4. The van der Waals surface area contributed by atoms with Crippen LogP contribution in [0.3, 0.4) is 0 Å². The fourth-order valence-electron chi connectivity index (χ4n) is 3.53. The molecule has 162 valence electrons. The van der Waals surface area contributed by atoms with Crippen LogP contribution in [-0.2, 0) is 18.3 Å². The zero-order valence-corrected chi connectivity index (χ0v) is 18.2. The van der Waals surface area contributed by atoms with Crippen molar-refractivity contribution < 1.29 is 19.0 Å². The smallest absolute Gasteiger partial charge is 0.225 e. The number of aromatic nitrogens is 2. The van der Waals surface area contributed by atoms with Crippen LogP contribution in [0.15, 0.2) is 48.8 Å². The third kappa shape index (κ3) is 4.77. The first-order valence-corrected chi connectivity index (χ1v) is 10.4. The number of carbonyl (C=O) groups excluding carboxylic acids is 1. The Morgan fingerprint density at radius 3 is 2.74 bits per heavy atom. The molecule has 0 saturated carbocycles. The highest BCUT2D eigenvalue weighted by Gasteiger charge is 2.22. The van der Waals surface area contributed by atoms with Gasteiger partial charge in [-0.2, -0.15) is 0 Å². The molecule has 1 unspecified atom stereocenters. The molecular weight excluding hydrogens is 418 g/mol. The van der Waals surface area contributed by atoms with Crippen LogP contribution in [0.1, 0.15) is 29.4 Å². The van der Waals surface area contributed by atoms with E-state index in [1.54, 1.807) is 19.4 Å². The summed E-state index contributed by atoms with van der Waals surface area (Å²) in [6.07, 6.45) is 4.49. The summed E-state index contributed by atoms with van der Waals surface area (Å²) in [5.74, 6) is 2.43. The predicted molar refractivity (Wildman–Crippen MR) is 117 cm³/mol. The van der Waals surface area contributed by atoms with Gasteiger partial charge in [-0.25, -0.2) is 4.98 Å². The van der Waals surface area contributed by atoms with Gasteiger partial charge in [-0.1, -0.05) is 23.7 Å². The SMILES string of the molecule is COc1ccc(C(NC(=O)Cc2cc(Cl)c3c(c2)OCCCO3)c2nccn2C)cc1. The minimum absolute atomic E-state index is 0.146. The Hall–Kier alpha value is -3.19. The van der Waals surface area contributed by atoms with Gasteiger partial charge in [0.1, 0.15) is 17.6 Å². The first kappa shape index (κ1) is 21.1. The molecule has 1 aliphatic heterocycles. The molecule has 0 bridgehead atoms. The van der Waals surface area contributed by atoms with Gasteiger partial charge in [-0.15, -0.1) is 0 Å². The van der Waals surface area contributed by atoms with Crippen LogP contribution in [0.25, 0.3) is 0 Å². The molecule has 8 heteroatoms. The van der Waals surface area contributed by atoms with Gasteiger partial charge in [0.15, 0.2) is 11.5 Å². The largest absolute Gasteiger partial charge is 0.497 e. The molecule has 0 radical (unpaired) electrons. The van der Waals surface area contributed by atoms with Gasteiger partial charge in [0, 0.05) is 25.9 Å². The lowest BCUT2D eigenvalue weighted by Crippen LogP contribution is -2.32. The van der Waals surface area contributed by atoms with Gasteiger partial charge in [0.25, 0.3) is 0 Å². The van der Waals surface area contributed by atoms with Gasteiger partial charge in [-0.3, -0.25) is 4.79 Å². The number of benzene rings is 2. The molecule has 2 aromatic carbocycles. The Morgan fingerprint density at radius 1 is 1.26 bits per heavy atom. The van der Waals surface area contributed by atoms with Crippen molar-refractivity contribution in [1.82, 2.24) is 14.9 Å². The highest BCUT2D eigenvalue weighted by atomic mass is 35.5. The second kappa shape index (κ2) is 9.31. The Kier molecular flexibility index (Phi) is 6.32. The van der Waals surface area contributed by atoms with Crippen molar-refractivity contribution in [3.63, 3.8) is 0 Å². The van der Waals surface area contributed by atoms with Crippen molar-refractivity contribution in [3.8, 4) is 17.2 Å². The Balaban J connectivity index is 1.56. The third-order valence-electron chi connectivity index (χ3n) is 5.10. The fourth-order valence-corrected chi connectivity index (χ4v) is 3.82. The quantitative estimate of drug-likeness (QED) is 0.631. The molecule has 31 heavy (non-hydrogen) atoms. The molecule has 0 spiro atoms. The molecule has 3 aromatic rings. The molecule has 1 aromatic heterocycles. The third-order valence-corrected chi connectivity index (χ3v) is 5.38. The lowest BCUT2D eigenvalue weighted by molar-refractivity contribution is -0.121. The van der Waals surface area contributed by atoms with E-state index in [0.29, 0.717) is 29.7 Å². The normalized spacial score (nSPS) is 13.9. The number of nitrogens with one attached hydrogen (secondary N) is 1. The van der Waals surface area contributed by atoms with Crippen molar-refractivity contribution in [2.75, 3.05) is 20.3 Å². The van der Waals surface area contributed by atoms with Crippen LogP contribution in [0, 0.1) is 0 Å². The zero-order valence-electron chi connectivity index (χ0n) is 17.4. The standard InChI is InChI=1S/C23H24ClN3O4/c1-27-9-8-25-23(27)21(16-4-6-17(29-2)7-5-16)26-20(28)14-15-12-18(24)22-19(13-15)30-10-3-11-31-22/h4-9,12-13,21H,3,10-11,14H2,1-2H3,(H,26,28). The summed E-state index contributed by atoms with van der Waals surface area (Å²) in [6.45, 7) is 1.11. The maximum Gasteiger partial charge on any atom is 0.225 e. The van der Waals surface area contributed by atoms with Crippen LogP contribution < -0.4 is 19.5 Å². The van der Waals surface area contributed by atoms with Crippen LogP contribution in [0.4, 0.5) is 0 Å². The van der Waals surface area contributed by atoms with E-state index in [4.69, 9.17) is 25.8 Å². The number of methoxy groups -OCH3 is 1. The number of halogens is 1. The van der Waals surface area contributed by atoms with Gasteiger partial charge in [-0.05, 0) is 35.4 Å². The van der Waals surface area contributed by atoms with Crippen molar-refractivity contribution >= 4 is 17.5 Å². The van der Waals surface area contributed by atoms with E-state index in [1.807, 2.05) is 48.1 Å². The van der Waals surface area contributed by atoms with Gasteiger partial charge >= 0.3 is 0 Å². The topological polar surface area (TPSA) is 74.6 Å². The van der Waals surface area contributed by atoms with E-state index in [2.05, 4.69) is 10.3 Å². The molecule has 1 N–H and O–H groups in total. The van der Waals surface area contributed by atoms with Crippen molar-refractivity contribution in [3.05, 3.63) is 70.8 Å². The van der Waals surface area contributed by atoms with E-state index in [0.717, 1.165) is 29.1 Å². The maximum absolute atomic E-state index is 13.0. The molecule has 1 aliphatic rings. The molecule has 2 heterocycles. The van der Waals surface area contributed by atoms with Crippen molar-refractivity contribution in [1.29, 1.82) is 0 Å². The molecule has 0 fully saturated rings. The summed E-state index contributed by atoms with van der Waals surface area (Å²) < 4.78 is 18.5. The number of ether oxygens (including phenoxy) is 3. The minimum Gasteiger partial charge on any atom is -0.497 e. The minimum atomic E-state index is -0.408. The first-order valence-electron chi connectivity index (χ1n) is 10.0. The number of nitrogens with zero attached hydrogens (tertiary/aromatic N) is 2. The lowest BCUT2D eigenvalue weighted by atomic mass is 10.0. The molecule has 0 saturated heterocycles. The lowest BCUT2D eigenvalue weighted by Gasteiger charge is -2.20. The number of fused-ring (bicyclic) bond motifs is 1. The van der Waals surface area contributed by atoms with Gasteiger partial charge < -0.3 is 24.1 Å². The van der Waals surface area contributed by atoms with Crippen molar-refractivity contribution in [2.45, 2.75) is 18.9 Å². The molecule has 7 nitrogen and oxygen atoms in total. The summed E-state index contributed by atoms with van der Waals surface area (Å²) in [5, 5.41) is 3.54. The number of amides is 1. The van der Waals surface area contributed by atoms with Crippen LogP contribution >= 0.6 is 11.6 Å². The van der Waals surface area contributed by atoms with Gasteiger partial charge in [0.05, 0.1) is 31.8 Å². The highest BCUT2D eigenvalue weighted by molar-refractivity contribution is 6.32.